The second-order valence-electron chi connectivity index (χ2n) is 7.54. The second kappa shape index (κ2) is 7.68. The maximum atomic E-state index is 11.8. The van der Waals surface area contributed by atoms with E-state index in [2.05, 4.69) is 31.1 Å². The Kier molecular flexibility index (Phi) is 6.74. The van der Waals surface area contributed by atoms with Crippen LogP contribution in [0.2, 0.25) is 0 Å². The van der Waals surface area contributed by atoms with Crippen LogP contribution in [0.4, 0.5) is 4.79 Å². The number of nitrogens with zero attached hydrogens (tertiary/aromatic N) is 1. The number of hydrogen-bond acceptors (Lipinski definition) is 5. The Hall–Kier alpha value is -0.750. The molecule has 0 aromatic carbocycles. The van der Waals surface area contributed by atoms with Gasteiger partial charge in [-0.25, -0.2) is 4.79 Å². The molecule has 22 heavy (non-hydrogen) atoms. The van der Waals surface area contributed by atoms with Gasteiger partial charge >= 0.3 is 6.09 Å². The van der Waals surface area contributed by atoms with Gasteiger partial charge in [-0.2, -0.15) is 0 Å². The Labute approximate surface area is 138 Å². The minimum atomic E-state index is -0.513. The molecule has 2 N–H and O–H groups in total. The molecule has 1 heterocycles. The van der Waals surface area contributed by atoms with Crippen molar-refractivity contribution in [2.75, 3.05) is 12.4 Å². The molecule has 1 unspecified atom stereocenters. The minimum Gasteiger partial charge on any atom is -0.444 e. The number of hydrogen-bond donors (Lipinski definition) is 2. The van der Waals surface area contributed by atoms with Gasteiger partial charge in [0.05, 0.1) is 11.7 Å². The largest absolute Gasteiger partial charge is 0.444 e. The maximum Gasteiger partial charge on any atom is 0.409 e. The summed E-state index contributed by atoms with van der Waals surface area (Å²) in [6.45, 7) is 12.1. The molecule has 1 amide bonds. The zero-order valence-corrected chi connectivity index (χ0v) is 15.4. The molecular weight excluding hydrogens is 300 g/mol. The molecule has 0 bridgehead atoms. The van der Waals surface area contributed by atoms with E-state index in [9.17, 15) is 9.90 Å². The molecule has 0 aliphatic carbocycles. The average molecular weight is 330 g/mol. The van der Waals surface area contributed by atoms with Gasteiger partial charge in [0.2, 0.25) is 0 Å². The van der Waals surface area contributed by atoms with Crippen molar-refractivity contribution in [3.8, 4) is 0 Å². The van der Waals surface area contributed by atoms with E-state index in [0.29, 0.717) is 5.75 Å². The van der Waals surface area contributed by atoms with Gasteiger partial charge in [0.25, 0.3) is 0 Å². The number of carbonyl (C=O) groups is 1. The lowest BCUT2D eigenvalue weighted by molar-refractivity contribution is 0.0512. The number of ether oxygens (including phenoxy) is 1. The first kappa shape index (κ1) is 19.3. The molecule has 0 saturated heterocycles. The van der Waals surface area contributed by atoms with E-state index < -0.39 is 11.7 Å². The fourth-order valence-corrected chi connectivity index (χ4v) is 3.26. The number of nitrogens with one attached hydrogen (secondary N) is 1. The lowest BCUT2D eigenvalue weighted by Crippen LogP contribution is -2.38. The first-order chi connectivity index (χ1) is 10.1. The number of aliphatic hydroxyl groups excluding tert-OH is 1. The molecule has 2 atom stereocenters. The number of aliphatic hydroxyl groups is 1. The molecule has 0 saturated carbocycles. The van der Waals surface area contributed by atoms with E-state index in [-0.39, 0.29) is 24.1 Å². The van der Waals surface area contributed by atoms with Crippen LogP contribution in [0.1, 0.15) is 54.4 Å². The van der Waals surface area contributed by atoms with Crippen LogP contribution in [0.25, 0.3) is 0 Å². The summed E-state index contributed by atoms with van der Waals surface area (Å²) in [6, 6.07) is 0. The monoisotopic (exact) mass is 330 g/mol. The van der Waals surface area contributed by atoms with Crippen molar-refractivity contribution in [3.05, 3.63) is 0 Å². The highest BCUT2D eigenvalue weighted by atomic mass is 32.2. The molecule has 0 aromatic heterocycles. The van der Waals surface area contributed by atoms with Gasteiger partial charge in [0, 0.05) is 11.7 Å². The smallest absolute Gasteiger partial charge is 0.409 e. The van der Waals surface area contributed by atoms with Gasteiger partial charge in [-0.3, -0.25) is 10.3 Å². The molecule has 128 valence electrons. The summed E-state index contributed by atoms with van der Waals surface area (Å²) >= 11 is 1.61. The summed E-state index contributed by atoms with van der Waals surface area (Å²) in [5.41, 5.74) is -0.339. The highest BCUT2D eigenvalue weighted by molar-refractivity contribution is 8.14. The maximum absolute atomic E-state index is 11.8. The van der Waals surface area contributed by atoms with Crippen LogP contribution in [0.15, 0.2) is 4.99 Å². The summed E-state index contributed by atoms with van der Waals surface area (Å²) in [7, 11) is 0. The van der Waals surface area contributed by atoms with Gasteiger partial charge in [-0.1, -0.05) is 27.2 Å². The normalized spacial score (nSPS) is 20.5. The number of thioether (sulfide) groups is 1. The number of aliphatic imine (C=N–C) groups is 1. The zero-order valence-electron chi connectivity index (χ0n) is 14.6. The van der Waals surface area contributed by atoms with Crippen molar-refractivity contribution < 1.29 is 14.6 Å². The topological polar surface area (TPSA) is 70.9 Å². The highest BCUT2D eigenvalue weighted by Crippen LogP contribution is 2.33. The number of amides is 1. The van der Waals surface area contributed by atoms with Crippen LogP contribution in [0, 0.1) is 11.3 Å². The Balaban J connectivity index is 2.61. The third-order valence-corrected chi connectivity index (χ3v) is 4.90. The molecule has 0 spiro atoms. The number of rotatable bonds is 6. The van der Waals surface area contributed by atoms with Crippen LogP contribution in [0.3, 0.4) is 0 Å². The van der Waals surface area contributed by atoms with Crippen molar-refractivity contribution in [2.45, 2.75) is 66.2 Å². The van der Waals surface area contributed by atoms with Gasteiger partial charge < -0.3 is 9.84 Å². The standard InChI is InChI=1S/C16H30N2O3S/c1-7-16(5,6)8-11(9-19)13-17-12(10-22-13)18-14(20)21-15(2,3)4/h11-12,19H,7-10H2,1-6H3,(H,18,20)/t11-,12?/m0/s1. The third kappa shape index (κ3) is 6.57. The minimum absolute atomic E-state index is 0.0467. The molecule has 6 heteroatoms. The molecule has 1 aliphatic heterocycles. The van der Waals surface area contributed by atoms with E-state index in [1.807, 2.05) is 20.8 Å². The molecule has 1 rings (SSSR count). The van der Waals surface area contributed by atoms with E-state index in [0.717, 1.165) is 17.9 Å². The molecule has 0 aromatic rings. The quantitative estimate of drug-likeness (QED) is 0.783. The second-order valence-corrected chi connectivity index (χ2v) is 8.58. The van der Waals surface area contributed by atoms with E-state index in [1.54, 1.807) is 11.8 Å². The van der Waals surface area contributed by atoms with Crippen LogP contribution < -0.4 is 5.32 Å². The zero-order chi connectivity index (χ0) is 17.0. The van der Waals surface area contributed by atoms with Crippen LogP contribution >= 0.6 is 11.8 Å². The molecular formula is C16H30N2O3S. The highest BCUT2D eigenvalue weighted by Gasteiger charge is 2.30. The van der Waals surface area contributed by atoms with E-state index in [4.69, 9.17) is 4.74 Å². The number of carbonyl (C=O) groups excluding carboxylic acids is 1. The van der Waals surface area contributed by atoms with Crippen molar-refractivity contribution in [2.24, 2.45) is 16.3 Å². The van der Waals surface area contributed by atoms with Crippen molar-refractivity contribution in [1.29, 1.82) is 0 Å². The molecule has 0 radical (unpaired) electrons. The predicted molar refractivity (Wildman–Crippen MR) is 92.3 cm³/mol. The van der Waals surface area contributed by atoms with Gasteiger partial charge in [-0.05, 0) is 32.6 Å². The Morgan fingerprint density at radius 1 is 1.45 bits per heavy atom. The first-order valence-corrected chi connectivity index (χ1v) is 8.86. The Bertz CT molecular complexity index is 416. The lowest BCUT2D eigenvalue weighted by Gasteiger charge is -2.27. The third-order valence-electron chi connectivity index (χ3n) is 3.68. The molecule has 0 fully saturated rings. The van der Waals surface area contributed by atoms with Crippen molar-refractivity contribution >= 4 is 22.9 Å². The van der Waals surface area contributed by atoms with E-state index in [1.165, 1.54) is 0 Å². The van der Waals surface area contributed by atoms with Gasteiger partial charge in [-0.15, -0.1) is 11.8 Å². The SMILES string of the molecule is CCC(C)(C)C[C@@H](CO)C1=NC(NC(=O)OC(C)(C)C)CS1. The fraction of sp³-hybridized carbons (Fsp3) is 0.875. The first-order valence-electron chi connectivity index (χ1n) is 7.87. The van der Waals surface area contributed by atoms with Crippen LogP contribution in [0.5, 0.6) is 0 Å². The van der Waals surface area contributed by atoms with Crippen LogP contribution in [-0.4, -0.2) is 40.4 Å². The Morgan fingerprint density at radius 2 is 2.09 bits per heavy atom. The Morgan fingerprint density at radius 3 is 2.59 bits per heavy atom. The van der Waals surface area contributed by atoms with Gasteiger partial charge in [0.15, 0.2) is 0 Å². The average Bonchev–Trinajstić information content (AvgIpc) is 2.82. The summed E-state index contributed by atoms with van der Waals surface area (Å²) < 4.78 is 5.24. The number of alkyl carbamates (subject to hydrolysis) is 1. The summed E-state index contributed by atoms with van der Waals surface area (Å²) in [6.07, 6.45) is 1.23. The van der Waals surface area contributed by atoms with E-state index >= 15 is 0 Å². The summed E-state index contributed by atoms with van der Waals surface area (Å²) in [5.74, 6) is 0.739. The van der Waals surface area contributed by atoms with Crippen LogP contribution in [-0.2, 0) is 4.74 Å². The summed E-state index contributed by atoms with van der Waals surface area (Å²) in [4.78, 5) is 16.3. The fourth-order valence-electron chi connectivity index (χ4n) is 2.17. The summed E-state index contributed by atoms with van der Waals surface area (Å²) in [5, 5.41) is 13.4. The van der Waals surface area contributed by atoms with Gasteiger partial charge in [0.1, 0.15) is 11.8 Å². The molecule has 5 nitrogen and oxygen atoms in total. The predicted octanol–water partition coefficient (Wildman–Crippen LogP) is 3.42. The lowest BCUT2D eigenvalue weighted by atomic mass is 9.81. The van der Waals surface area contributed by atoms with Crippen molar-refractivity contribution in [1.82, 2.24) is 5.32 Å². The molecule has 1 aliphatic rings. The van der Waals surface area contributed by atoms with Crippen molar-refractivity contribution in [3.63, 3.8) is 0 Å².